The SMILES string of the molecule is C=C(C(=O)OC)C(O)c1ccc(F)c(Br)c1. The summed E-state index contributed by atoms with van der Waals surface area (Å²) in [5.41, 5.74) is 0.268. The molecule has 0 aliphatic heterocycles. The number of hydrogen-bond donors (Lipinski definition) is 1. The van der Waals surface area contributed by atoms with Crippen molar-refractivity contribution >= 4 is 21.9 Å². The second-order valence-electron chi connectivity index (χ2n) is 3.09. The van der Waals surface area contributed by atoms with Crippen LogP contribution in [0.1, 0.15) is 11.7 Å². The van der Waals surface area contributed by atoms with Gasteiger partial charge in [-0.05, 0) is 33.6 Å². The third-order valence-electron chi connectivity index (χ3n) is 2.04. The second kappa shape index (κ2) is 5.23. The van der Waals surface area contributed by atoms with Crippen LogP contribution in [0.2, 0.25) is 0 Å². The van der Waals surface area contributed by atoms with E-state index in [9.17, 15) is 14.3 Å². The summed E-state index contributed by atoms with van der Waals surface area (Å²) < 4.78 is 17.6. The van der Waals surface area contributed by atoms with E-state index in [0.717, 1.165) is 0 Å². The van der Waals surface area contributed by atoms with Gasteiger partial charge in [0, 0.05) is 0 Å². The molecule has 3 nitrogen and oxygen atoms in total. The molecule has 0 saturated heterocycles. The lowest BCUT2D eigenvalue weighted by Gasteiger charge is -2.12. The number of methoxy groups -OCH3 is 1. The number of aliphatic hydroxyl groups excluding tert-OH is 1. The van der Waals surface area contributed by atoms with Crippen LogP contribution in [-0.2, 0) is 9.53 Å². The highest BCUT2D eigenvalue weighted by Crippen LogP contribution is 2.25. The molecule has 1 unspecified atom stereocenters. The highest BCUT2D eigenvalue weighted by Gasteiger charge is 2.19. The zero-order valence-electron chi connectivity index (χ0n) is 8.54. The molecule has 0 saturated carbocycles. The molecular weight excluding hydrogens is 279 g/mol. The Morgan fingerprint density at radius 3 is 2.75 bits per heavy atom. The van der Waals surface area contributed by atoms with Crippen molar-refractivity contribution in [1.82, 2.24) is 0 Å². The minimum Gasteiger partial charge on any atom is -0.466 e. The average Bonchev–Trinajstić information content (AvgIpc) is 2.29. The van der Waals surface area contributed by atoms with Crippen molar-refractivity contribution in [3.05, 3.63) is 46.2 Å². The molecule has 0 fully saturated rings. The fraction of sp³-hybridized carbons (Fsp3) is 0.182. The highest BCUT2D eigenvalue weighted by molar-refractivity contribution is 9.10. The summed E-state index contributed by atoms with van der Waals surface area (Å²) in [4.78, 5) is 11.1. The number of hydrogen-bond acceptors (Lipinski definition) is 3. The van der Waals surface area contributed by atoms with Gasteiger partial charge in [0.1, 0.15) is 11.9 Å². The van der Waals surface area contributed by atoms with E-state index in [1.54, 1.807) is 0 Å². The summed E-state index contributed by atoms with van der Waals surface area (Å²) in [5.74, 6) is -1.15. The van der Waals surface area contributed by atoms with Crippen molar-refractivity contribution in [2.45, 2.75) is 6.10 Å². The first kappa shape index (κ1) is 12.9. The number of esters is 1. The summed E-state index contributed by atoms with van der Waals surface area (Å²) in [7, 11) is 1.20. The molecule has 1 atom stereocenters. The van der Waals surface area contributed by atoms with Crippen LogP contribution in [0.25, 0.3) is 0 Å². The Hall–Kier alpha value is -1.20. The van der Waals surface area contributed by atoms with Crippen LogP contribution in [0.4, 0.5) is 4.39 Å². The van der Waals surface area contributed by atoms with Crippen molar-refractivity contribution in [1.29, 1.82) is 0 Å². The van der Waals surface area contributed by atoms with E-state index < -0.39 is 17.9 Å². The third kappa shape index (κ3) is 2.68. The van der Waals surface area contributed by atoms with E-state index in [0.29, 0.717) is 5.56 Å². The minimum absolute atomic E-state index is 0.0963. The zero-order valence-corrected chi connectivity index (χ0v) is 10.1. The van der Waals surface area contributed by atoms with Gasteiger partial charge in [-0.15, -0.1) is 0 Å². The van der Waals surface area contributed by atoms with Gasteiger partial charge in [0.25, 0.3) is 0 Å². The highest BCUT2D eigenvalue weighted by atomic mass is 79.9. The predicted octanol–water partition coefficient (Wildman–Crippen LogP) is 2.35. The van der Waals surface area contributed by atoms with Crippen molar-refractivity contribution in [3.8, 4) is 0 Å². The van der Waals surface area contributed by atoms with E-state index in [1.807, 2.05) is 0 Å². The number of ether oxygens (including phenoxy) is 1. The van der Waals surface area contributed by atoms with E-state index in [1.165, 1.54) is 25.3 Å². The Morgan fingerprint density at radius 1 is 1.62 bits per heavy atom. The van der Waals surface area contributed by atoms with Crippen LogP contribution in [0.3, 0.4) is 0 Å². The Morgan fingerprint density at radius 2 is 2.25 bits per heavy atom. The summed E-state index contributed by atoms with van der Waals surface area (Å²) >= 11 is 2.99. The molecule has 0 radical (unpaired) electrons. The van der Waals surface area contributed by atoms with Crippen LogP contribution in [0, 0.1) is 5.82 Å². The van der Waals surface area contributed by atoms with Crippen LogP contribution < -0.4 is 0 Å². The van der Waals surface area contributed by atoms with Gasteiger partial charge >= 0.3 is 5.97 Å². The Bertz CT molecular complexity index is 431. The standard InChI is InChI=1S/C11H10BrFO3/c1-6(11(15)16-2)10(14)7-3-4-9(13)8(12)5-7/h3-5,10,14H,1H2,2H3. The normalized spacial score (nSPS) is 12.0. The lowest BCUT2D eigenvalue weighted by Crippen LogP contribution is -2.12. The summed E-state index contributed by atoms with van der Waals surface area (Å²) in [5, 5.41) is 9.76. The van der Waals surface area contributed by atoms with E-state index in [-0.39, 0.29) is 10.0 Å². The number of aliphatic hydroxyl groups is 1. The molecule has 0 aliphatic carbocycles. The number of halogens is 2. The predicted molar refractivity (Wildman–Crippen MR) is 60.2 cm³/mol. The molecule has 1 rings (SSSR count). The Kier molecular flexibility index (Phi) is 4.20. The smallest absolute Gasteiger partial charge is 0.336 e. The first-order valence-corrected chi connectivity index (χ1v) is 5.16. The average molecular weight is 289 g/mol. The maximum Gasteiger partial charge on any atom is 0.336 e. The molecule has 0 bridgehead atoms. The van der Waals surface area contributed by atoms with Crippen LogP contribution in [0.5, 0.6) is 0 Å². The van der Waals surface area contributed by atoms with Crippen LogP contribution in [0.15, 0.2) is 34.8 Å². The van der Waals surface area contributed by atoms with Crippen molar-refractivity contribution in [2.24, 2.45) is 0 Å². The van der Waals surface area contributed by atoms with Gasteiger partial charge in [0.2, 0.25) is 0 Å². The fourth-order valence-corrected chi connectivity index (χ4v) is 1.52. The lowest BCUT2D eigenvalue weighted by molar-refractivity contribution is -0.137. The van der Waals surface area contributed by atoms with E-state index in [2.05, 4.69) is 27.2 Å². The van der Waals surface area contributed by atoms with Crippen molar-refractivity contribution in [2.75, 3.05) is 7.11 Å². The van der Waals surface area contributed by atoms with E-state index >= 15 is 0 Å². The summed E-state index contributed by atoms with van der Waals surface area (Å²) in [6.07, 6.45) is -1.20. The molecule has 0 aromatic heterocycles. The van der Waals surface area contributed by atoms with Gasteiger partial charge in [0.05, 0.1) is 17.2 Å². The largest absolute Gasteiger partial charge is 0.466 e. The van der Waals surface area contributed by atoms with Crippen molar-refractivity contribution < 1.29 is 19.0 Å². The number of rotatable bonds is 3. The molecule has 0 amide bonds. The molecule has 0 spiro atoms. The second-order valence-corrected chi connectivity index (χ2v) is 3.95. The maximum atomic E-state index is 12.9. The molecule has 86 valence electrons. The molecule has 0 aliphatic rings. The molecule has 5 heteroatoms. The van der Waals surface area contributed by atoms with Crippen LogP contribution in [-0.4, -0.2) is 18.2 Å². The van der Waals surface area contributed by atoms with Gasteiger partial charge in [-0.2, -0.15) is 0 Å². The Labute approximate surface area is 101 Å². The van der Waals surface area contributed by atoms with Crippen LogP contribution >= 0.6 is 15.9 Å². The van der Waals surface area contributed by atoms with Crippen molar-refractivity contribution in [3.63, 3.8) is 0 Å². The van der Waals surface area contributed by atoms with Gasteiger partial charge in [0.15, 0.2) is 0 Å². The third-order valence-corrected chi connectivity index (χ3v) is 2.64. The fourth-order valence-electron chi connectivity index (χ4n) is 1.13. The first-order valence-electron chi connectivity index (χ1n) is 4.37. The van der Waals surface area contributed by atoms with Gasteiger partial charge < -0.3 is 9.84 Å². The van der Waals surface area contributed by atoms with Gasteiger partial charge in [-0.25, -0.2) is 9.18 Å². The summed E-state index contributed by atoms with van der Waals surface area (Å²) in [6, 6.07) is 3.94. The number of carbonyl (C=O) groups excluding carboxylic acids is 1. The minimum atomic E-state index is -1.20. The van der Waals surface area contributed by atoms with Gasteiger partial charge in [-0.3, -0.25) is 0 Å². The van der Waals surface area contributed by atoms with E-state index in [4.69, 9.17) is 0 Å². The molecule has 1 aromatic rings. The monoisotopic (exact) mass is 288 g/mol. The number of carbonyl (C=O) groups is 1. The summed E-state index contributed by atoms with van der Waals surface area (Å²) in [6.45, 7) is 3.42. The lowest BCUT2D eigenvalue weighted by atomic mass is 10.0. The van der Waals surface area contributed by atoms with Gasteiger partial charge in [-0.1, -0.05) is 12.6 Å². The zero-order chi connectivity index (χ0) is 12.3. The molecule has 0 heterocycles. The quantitative estimate of drug-likeness (QED) is 0.686. The molecule has 16 heavy (non-hydrogen) atoms. The molecular formula is C11H10BrFO3. The molecule has 1 aromatic carbocycles. The topological polar surface area (TPSA) is 46.5 Å². The first-order chi connectivity index (χ1) is 7.47. The number of benzene rings is 1. The maximum absolute atomic E-state index is 12.9. The molecule has 1 N–H and O–H groups in total. The Balaban J connectivity index is 2.96.